The third-order valence-corrected chi connectivity index (χ3v) is 4.80. The Labute approximate surface area is 150 Å². The van der Waals surface area contributed by atoms with Gasteiger partial charge in [-0.3, -0.25) is 4.79 Å². The van der Waals surface area contributed by atoms with E-state index in [4.69, 9.17) is 4.74 Å². The number of nitrogens with zero attached hydrogens (tertiary/aromatic N) is 2. The van der Waals surface area contributed by atoms with E-state index in [0.29, 0.717) is 19.8 Å². The Hall–Kier alpha value is -2.73. The quantitative estimate of drug-likeness (QED) is 0.767. The number of hydrogen-bond acceptors (Lipinski definition) is 3. The van der Waals surface area contributed by atoms with E-state index < -0.39 is 0 Å². The van der Waals surface area contributed by atoms with Crippen LogP contribution in [0.25, 0.3) is 11.0 Å². The van der Waals surface area contributed by atoms with Crippen LogP contribution in [0.4, 0.5) is 4.39 Å². The molecule has 0 bridgehead atoms. The van der Waals surface area contributed by atoms with E-state index in [2.05, 4.69) is 10.3 Å². The Balaban J connectivity index is 1.61. The predicted molar refractivity (Wildman–Crippen MR) is 95.9 cm³/mol. The maximum absolute atomic E-state index is 13.3. The summed E-state index contributed by atoms with van der Waals surface area (Å²) in [6.07, 6.45) is 2.50. The van der Waals surface area contributed by atoms with Crippen LogP contribution in [0, 0.1) is 11.7 Å². The Kier molecular flexibility index (Phi) is 4.67. The number of nitrogens with one attached hydrogen (secondary N) is 1. The lowest BCUT2D eigenvalue weighted by Crippen LogP contribution is -2.36. The number of hydrogen-bond donors (Lipinski definition) is 1. The summed E-state index contributed by atoms with van der Waals surface area (Å²) in [5.41, 5.74) is 2.76. The van der Waals surface area contributed by atoms with E-state index >= 15 is 0 Å². The van der Waals surface area contributed by atoms with E-state index in [1.165, 1.54) is 12.1 Å². The van der Waals surface area contributed by atoms with Crippen molar-refractivity contribution in [2.75, 3.05) is 13.2 Å². The molecular formula is C20H20FN3O2. The number of carbonyl (C=O) groups excluding carboxylic acids is 1. The molecular weight excluding hydrogens is 333 g/mol. The van der Waals surface area contributed by atoms with Gasteiger partial charge in [-0.15, -0.1) is 0 Å². The molecule has 6 heteroatoms. The summed E-state index contributed by atoms with van der Waals surface area (Å²) >= 11 is 0. The highest BCUT2D eigenvalue weighted by molar-refractivity contribution is 5.79. The molecule has 1 aliphatic rings. The average molecular weight is 353 g/mol. The van der Waals surface area contributed by atoms with E-state index in [9.17, 15) is 9.18 Å². The van der Waals surface area contributed by atoms with E-state index in [0.717, 1.165) is 23.0 Å². The first-order valence-corrected chi connectivity index (χ1v) is 8.74. The third-order valence-electron chi connectivity index (χ3n) is 4.80. The number of para-hydroxylation sites is 2. The molecule has 0 saturated carbocycles. The monoisotopic (exact) mass is 353 g/mol. The van der Waals surface area contributed by atoms with Crippen molar-refractivity contribution < 1.29 is 13.9 Å². The largest absolute Gasteiger partial charge is 0.381 e. The minimum absolute atomic E-state index is 0.0266. The van der Waals surface area contributed by atoms with Crippen LogP contribution < -0.4 is 5.32 Å². The lowest BCUT2D eigenvalue weighted by atomic mass is 10.0. The third kappa shape index (κ3) is 3.46. The van der Waals surface area contributed by atoms with Gasteiger partial charge in [0.15, 0.2) is 0 Å². The van der Waals surface area contributed by atoms with E-state index in [1.54, 1.807) is 18.5 Å². The number of fused-ring (bicyclic) bond motifs is 1. The SMILES string of the molecule is O=C(NC(Cn1cnc2ccccc21)c1ccc(F)cc1)C1CCOC1. The van der Waals surface area contributed by atoms with Gasteiger partial charge in [0.1, 0.15) is 5.82 Å². The molecule has 1 aliphatic heterocycles. The van der Waals surface area contributed by atoms with Gasteiger partial charge >= 0.3 is 0 Å². The number of carbonyl (C=O) groups is 1. The topological polar surface area (TPSA) is 56.2 Å². The molecule has 1 N–H and O–H groups in total. The van der Waals surface area contributed by atoms with Gasteiger partial charge in [0, 0.05) is 13.2 Å². The highest BCUT2D eigenvalue weighted by atomic mass is 19.1. The van der Waals surface area contributed by atoms with Crippen LogP contribution in [0.1, 0.15) is 18.0 Å². The van der Waals surface area contributed by atoms with Gasteiger partial charge in [0.05, 0.1) is 35.9 Å². The fraction of sp³-hybridized carbons (Fsp3) is 0.300. The van der Waals surface area contributed by atoms with Crippen LogP contribution in [0.15, 0.2) is 54.9 Å². The Morgan fingerprint density at radius 1 is 1.27 bits per heavy atom. The minimum Gasteiger partial charge on any atom is -0.381 e. The molecule has 1 fully saturated rings. The van der Waals surface area contributed by atoms with Crippen LogP contribution in [0.5, 0.6) is 0 Å². The molecule has 1 amide bonds. The standard InChI is InChI=1S/C20H20FN3O2/c21-16-7-5-14(6-8-16)18(23-20(25)15-9-10-26-12-15)11-24-13-22-17-3-1-2-4-19(17)24/h1-8,13,15,18H,9-12H2,(H,23,25). The second kappa shape index (κ2) is 7.25. The van der Waals surface area contributed by atoms with Crippen LogP contribution in [0.3, 0.4) is 0 Å². The number of imidazole rings is 1. The van der Waals surface area contributed by atoms with E-state index in [-0.39, 0.29) is 23.7 Å². The zero-order chi connectivity index (χ0) is 17.9. The Morgan fingerprint density at radius 3 is 2.85 bits per heavy atom. The van der Waals surface area contributed by atoms with Crippen LogP contribution in [-0.4, -0.2) is 28.7 Å². The normalized spacial score (nSPS) is 18.1. The van der Waals surface area contributed by atoms with Crippen molar-refractivity contribution in [3.8, 4) is 0 Å². The summed E-state index contributed by atoms with van der Waals surface area (Å²) in [7, 11) is 0. The zero-order valence-electron chi connectivity index (χ0n) is 14.3. The summed E-state index contributed by atoms with van der Waals surface area (Å²) in [5, 5.41) is 3.11. The smallest absolute Gasteiger partial charge is 0.226 e. The second-order valence-corrected chi connectivity index (χ2v) is 6.56. The van der Waals surface area contributed by atoms with Crippen LogP contribution in [0.2, 0.25) is 0 Å². The first kappa shape index (κ1) is 16.7. The van der Waals surface area contributed by atoms with Crippen molar-refractivity contribution in [1.82, 2.24) is 14.9 Å². The molecule has 1 aromatic heterocycles. The first-order chi connectivity index (χ1) is 12.7. The first-order valence-electron chi connectivity index (χ1n) is 8.74. The Morgan fingerprint density at radius 2 is 2.08 bits per heavy atom. The maximum atomic E-state index is 13.3. The lowest BCUT2D eigenvalue weighted by Gasteiger charge is -2.22. The lowest BCUT2D eigenvalue weighted by molar-refractivity contribution is -0.125. The molecule has 0 aliphatic carbocycles. The van der Waals surface area contributed by atoms with Crippen molar-refractivity contribution >= 4 is 16.9 Å². The summed E-state index contributed by atoms with van der Waals surface area (Å²) in [5.74, 6) is -0.449. The molecule has 0 spiro atoms. The molecule has 2 heterocycles. The van der Waals surface area contributed by atoms with Crippen molar-refractivity contribution in [2.24, 2.45) is 5.92 Å². The summed E-state index contributed by atoms with van der Waals surface area (Å²) in [4.78, 5) is 17.0. The van der Waals surface area contributed by atoms with Crippen molar-refractivity contribution in [2.45, 2.75) is 19.0 Å². The van der Waals surface area contributed by atoms with Gasteiger partial charge < -0.3 is 14.6 Å². The van der Waals surface area contributed by atoms with Crippen molar-refractivity contribution in [3.05, 3.63) is 66.2 Å². The van der Waals surface area contributed by atoms with Crippen molar-refractivity contribution in [1.29, 1.82) is 0 Å². The molecule has 1 saturated heterocycles. The second-order valence-electron chi connectivity index (χ2n) is 6.56. The van der Waals surface area contributed by atoms with Gasteiger partial charge in [-0.25, -0.2) is 9.37 Å². The minimum atomic E-state index is -0.295. The van der Waals surface area contributed by atoms with Gasteiger partial charge in [0.25, 0.3) is 0 Å². The average Bonchev–Trinajstić information content (AvgIpc) is 3.32. The van der Waals surface area contributed by atoms with Crippen LogP contribution >= 0.6 is 0 Å². The highest BCUT2D eigenvalue weighted by Gasteiger charge is 2.26. The fourth-order valence-corrected chi connectivity index (χ4v) is 3.31. The molecule has 2 unspecified atom stereocenters. The van der Waals surface area contributed by atoms with Crippen molar-refractivity contribution in [3.63, 3.8) is 0 Å². The maximum Gasteiger partial charge on any atom is 0.226 e. The number of rotatable bonds is 5. The summed E-state index contributed by atoms with van der Waals surface area (Å²) in [6.45, 7) is 1.59. The molecule has 0 radical (unpaired) electrons. The van der Waals surface area contributed by atoms with Gasteiger partial charge in [0.2, 0.25) is 5.91 Å². The highest BCUT2D eigenvalue weighted by Crippen LogP contribution is 2.21. The number of aromatic nitrogens is 2. The molecule has 4 rings (SSSR count). The van der Waals surface area contributed by atoms with E-state index in [1.807, 2.05) is 28.8 Å². The molecule has 2 aromatic carbocycles. The number of amides is 1. The number of halogens is 1. The Bertz CT molecular complexity index is 901. The molecule has 2 atom stereocenters. The molecule has 134 valence electrons. The zero-order valence-corrected chi connectivity index (χ0v) is 14.3. The molecule has 26 heavy (non-hydrogen) atoms. The van der Waals surface area contributed by atoms with Crippen LogP contribution in [-0.2, 0) is 16.1 Å². The summed E-state index contributed by atoms with van der Waals surface area (Å²) in [6, 6.07) is 13.8. The number of ether oxygens (including phenoxy) is 1. The number of benzene rings is 2. The molecule has 5 nitrogen and oxygen atoms in total. The molecule has 3 aromatic rings. The summed E-state index contributed by atoms with van der Waals surface area (Å²) < 4.78 is 20.7. The predicted octanol–water partition coefficient (Wildman–Crippen LogP) is 3.07. The fourth-order valence-electron chi connectivity index (χ4n) is 3.31. The van der Waals surface area contributed by atoms with Gasteiger partial charge in [-0.05, 0) is 36.2 Å². The van der Waals surface area contributed by atoms with Gasteiger partial charge in [-0.2, -0.15) is 0 Å². The van der Waals surface area contributed by atoms with Gasteiger partial charge in [-0.1, -0.05) is 24.3 Å².